The summed E-state index contributed by atoms with van der Waals surface area (Å²) in [7, 11) is 0. The minimum atomic E-state index is -0.868. The van der Waals surface area contributed by atoms with E-state index in [1.807, 2.05) is 36.7 Å². The van der Waals surface area contributed by atoms with Crippen LogP contribution in [0.15, 0.2) is 54.9 Å². The fourth-order valence-electron chi connectivity index (χ4n) is 2.58. The number of para-hydroxylation sites is 2. The number of nitrogens with one attached hydrogen (secondary N) is 1. The molecule has 5 nitrogen and oxygen atoms in total. The zero-order chi connectivity index (χ0) is 17.2. The van der Waals surface area contributed by atoms with E-state index in [9.17, 15) is 4.79 Å². The number of nitrogens with two attached hydrogens (primary N) is 1. The average Bonchev–Trinajstić information content (AvgIpc) is 2.95. The van der Waals surface area contributed by atoms with Crippen molar-refractivity contribution in [3.63, 3.8) is 0 Å². The fraction of sp³-hybridized carbons (Fsp3) is 0.263. The second-order valence-corrected chi connectivity index (χ2v) is 6.59. The average molecular weight is 322 g/mol. The van der Waals surface area contributed by atoms with E-state index in [-0.39, 0.29) is 5.91 Å². The molecule has 5 heteroatoms. The number of fused-ring (bicyclic) bond motifs is 1. The molecule has 24 heavy (non-hydrogen) atoms. The first kappa shape index (κ1) is 16.2. The van der Waals surface area contributed by atoms with Gasteiger partial charge in [-0.15, -0.1) is 0 Å². The number of benzene rings is 2. The lowest BCUT2D eigenvalue weighted by Gasteiger charge is -2.18. The maximum absolute atomic E-state index is 11.9. The molecule has 0 aliphatic heterocycles. The van der Waals surface area contributed by atoms with Crippen molar-refractivity contribution in [1.29, 1.82) is 0 Å². The Labute approximate surface area is 141 Å². The van der Waals surface area contributed by atoms with Crippen LogP contribution in [0.1, 0.15) is 25.0 Å². The molecule has 0 saturated heterocycles. The maximum Gasteiger partial charge on any atom is 0.239 e. The first-order valence-corrected chi connectivity index (χ1v) is 7.98. The van der Waals surface area contributed by atoms with E-state index in [1.165, 1.54) is 0 Å². The summed E-state index contributed by atoms with van der Waals surface area (Å²) in [5.41, 5.74) is 9.24. The monoisotopic (exact) mass is 322 g/mol. The van der Waals surface area contributed by atoms with Gasteiger partial charge >= 0.3 is 0 Å². The summed E-state index contributed by atoms with van der Waals surface area (Å²) in [6, 6.07) is 16.2. The number of amides is 1. The van der Waals surface area contributed by atoms with Crippen molar-refractivity contribution in [1.82, 2.24) is 14.9 Å². The molecule has 3 aromatic rings. The summed E-state index contributed by atoms with van der Waals surface area (Å²) >= 11 is 0. The summed E-state index contributed by atoms with van der Waals surface area (Å²) in [6.45, 7) is 4.61. The van der Waals surface area contributed by atoms with Gasteiger partial charge in [-0.25, -0.2) is 4.98 Å². The number of rotatable bonds is 5. The number of hydrogen-bond acceptors (Lipinski definition) is 3. The van der Waals surface area contributed by atoms with E-state index in [0.717, 1.165) is 28.7 Å². The Morgan fingerprint density at radius 2 is 1.92 bits per heavy atom. The predicted molar refractivity (Wildman–Crippen MR) is 95.4 cm³/mol. The topological polar surface area (TPSA) is 72.9 Å². The van der Waals surface area contributed by atoms with Crippen LogP contribution in [0.2, 0.25) is 0 Å². The highest BCUT2D eigenvalue weighted by molar-refractivity contribution is 5.85. The first-order chi connectivity index (χ1) is 11.4. The van der Waals surface area contributed by atoms with Gasteiger partial charge in [0.15, 0.2) is 0 Å². The quantitative estimate of drug-likeness (QED) is 0.758. The van der Waals surface area contributed by atoms with E-state index < -0.39 is 5.54 Å². The largest absolute Gasteiger partial charge is 0.350 e. The zero-order valence-electron chi connectivity index (χ0n) is 14.0. The molecule has 0 spiro atoms. The van der Waals surface area contributed by atoms with E-state index in [2.05, 4.69) is 33.1 Å². The van der Waals surface area contributed by atoms with Gasteiger partial charge in [-0.3, -0.25) is 4.79 Å². The van der Waals surface area contributed by atoms with Gasteiger partial charge in [-0.05, 0) is 37.1 Å². The summed E-state index contributed by atoms with van der Waals surface area (Å²) in [5, 5.41) is 2.87. The van der Waals surface area contributed by atoms with Gasteiger partial charge < -0.3 is 15.6 Å². The molecule has 0 fully saturated rings. The van der Waals surface area contributed by atoms with Crippen LogP contribution in [0.5, 0.6) is 0 Å². The van der Waals surface area contributed by atoms with Crippen molar-refractivity contribution in [3.8, 4) is 0 Å². The molecule has 0 aliphatic rings. The Hall–Kier alpha value is -2.66. The number of imidazole rings is 1. The molecule has 1 amide bonds. The molecule has 0 bridgehead atoms. The van der Waals surface area contributed by atoms with E-state index in [0.29, 0.717) is 6.54 Å². The van der Waals surface area contributed by atoms with Crippen molar-refractivity contribution in [3.05, 3.63) is 66.0 Å². The molecule has 1 heterocycles. The Balaban J connectivity index is 1.73. The minimum absolute atomic E-state index is 0.159. The van der Waals surface area contributed by atoms with Crippen LogP contribution < -0.4 is 11.1 Å². The highest BCUT2D eigenvalue weighted by atomic mass is 16.2. The van der Waals surface area contributed by atoms with Crippen molar-refractivity contribution >= 4 is 16.9 Å². The van der Waals surface area contributed by atoms with Crippen LogP contribution in [0, 0.1) is 0 Å². The second-order valence-electron chi connectivity index (χ2n) is 6.59. The standard InChI is InChI=1S/C19H22N4O/c1-19(2,20)18(24)21-11-14-6-5-7-15(10-14)12-23-13-22-16-8-3-4-9-17(16)23/h3-10,13H,11-12,20H2,1-2H3,(H,21,24). The SMILES string of the molecule is CC(C)(N)C(=O)NCc1cccc(Cn2cnc3ccccc32)c1. The summed E-state index contributed by atoms with van der Waals surface area (Å²) in [5.74, 6) is -0.159. The van der Waals surface area contributed by atoms with Crippen LogP contribution in [-0.4, -0.2) is 21.0 Å². The molecule has 0 aliphatic carbocycles. The van der Waals surface area contributed by atoms with E-state index in [4.69, 9.17) is 5.73 Å². The molecule has 3 N–H and O–H groups in total. The van der Waals surface area contributed by atoms with Gasteiger partial charge in [0.05, 0.1) is 22.9 Å². The van der Waals surface area contributed by atoms with Gasteiger partial charge in [0.2, 0.25) is 5.91 Å². The molecule has 124 valence electrons. The van der Waals surface area contributed by atoms with Gasteiger partial charge in [-0.1, -0.05) is 36.4 Å². The molecule has 0 unspecified atom stereocenters. The molecular weight excluding hydrogens is 300 g/mol. The summed E-state index contributed by atoms with van der Waals surface area (Å²) in [4.78, 5) is 16.3. The smallest absolute Gasteiger partial charge is 0.239 e. The zero-order valence-corrected chi connectivity index (χ0v) is 14.0. The third kappa shape index (κ3) is 3.63. The Morgan fingerprint density at radius 3 is 2.71 bits per heavy atom. The third-order valence-electron chi connectivity index (χ3n) is 3.91. The highest BCUT2D eigenvalue weighted by Gasteiger charge is 2.21. The number of hydrogen-bond donors (Lipinski definition) is 2. The van der Waals surface area contributed by atoms with E-state index >= 15 is 0 Å². The van der Waals surface area contributed by atoms with Crippen molar-refractivity contribution in [2.24, 2.45) is 5.73 Å². The lowest BCUT2D eigenvalue weighted by molar-refractivity contribution is -0.125. The van der Waals surface area contributed by atoms with E-state index in [1.54, 1.807) is 13.8 Å². The van der Waals surface area contributed by atoms with Crippen LogP contribution in [0.25, 0.3) is 11.0 Å². The van der Waals surface area contributed by atoms with Crippen LogP contribution in [0.4, 0.5) is 0 Å². The Morgan fingerprint density at radius 1 is 1.17 bits per heavy atom. The second kappa shape index (κ2) is 6.45. The molecule has 0 atom stereocenters. The number of aromatic nitrogens is 2. The molecular formula is C19H22N4O. The summed E-state index contributed by atoms with van der Waals surface area (Å²) < 4.78 is 2.12. The molecule has 0 saturated carbocycles. The van der Waals surface area contributed by atoms with Gasteiger partial charge in [-0.2, -0.15) is 0 Å². The fourth-order valence-corrected chi connectivity index (χ4v) is 2.58. The highest BCUT2D eigenvalue weighted by Crippen LogP contribution is 2.15. The van der Waals surface area contributed by atoms with Crippen molar-refractivity contribution in [2.75, 3.05) is 0 Å². The van der Waals surface area contributed by atoms with Crippen molar-refractivity contribution in [2.45, 2.75) is 32.5 Å². The van der Waals surface area contributed by atoms with Crippen LogP contribution in [0.3, 0.4) is 0 Å². The lowest BCUT2D eigenvalue weighted by Crippen LogP contribution is -2.48. The molecule has 3 rings (SSSR count). The third-order valence-corrected chi connectivity index (χ3v) is 3.91. The molecule has 2 aromatic carbocycles. The predicted octanol–water partition coefficient (Wildman–Crippen LogP) is 2.44. The normalized spacial score (nSPS) is 11.6. The van der Waals surface area contributed by atoms with Crippen LogP contribution >= 0.6 is 0 Å². The lowest BCUT2D eigenvalue weighted by atomic mass is 10.1. The number of carbonyl (C=O) groups is 1. The van der Waals surface area contributed by atoms with Gasteiger partial charge in [0.1, 0.15) is 0 Å². The van der Waals surface area contributed by atoms with Gasteiger partial charge in [0.25, 0.3) is 0 Å². The Kier molecular flexibility index (Phi) is 4.36. The maximum atomic E-state index is 11.9. The van der Waals surface area contributed by atoms with Crippen molar-refractivity contribution < 1.29 is 4.79 Å². The van der Waals surface area contributed by atoms with Crippen LogP contribution in [-0.2, 0) is 17.9 Å². The first-order valence-electron chi connectivity index (χ1n) is 7.98. The number of carbonyl (C=O) groups excluding carboxylic acids is 1. The molecule has 1 aromatic heterocycles. The van der Waals surface area contributed by atoms with Gasteiger partial charge in [0, 0.05) is 13.1 Å². The minimum Gasteiger partial charge on any atom is -0.350 e. The number of nitrogens with zero attached hydrogens (tertiary/aromatic N) is 2. The summed E-state index contributed by atoms with van der Waals surface area (Å²) in [6.07, 6.45) is 1.86. The Bertz CT molecular complexity index is 861. The molecule has 0 radical (unpaired) electrons.